The van der Waals surface area contributed by atoms with E-state index < -0.39 is 11.7 Å². The van der Waals surface area contributed by atoms with Crippen molar-refractivity contribution in [2.75, 3.05) is 10.7 Å². The summed E-state index contributed by atoms with van der Waals surface area (Å²) in [6.45, 7) is 0. The first-order valence-corrected chi connectivity index (χ1v) is 6.58. The average Bonchev–Trinajstić information content (AvgIpc) is 2.42. The Hall–Kier alpha value is -1.70. The Balaban J connectivity index is 2.28. The van der Waals surface area contributed by atoms with Crippen molar-refractivity contribution in [1.29, 1.82) is 0 Å². The molecule has 5 nitrogen and oxygen atoms in total. The number of carbonyl (C=O) groups excluding carboxylic acids is 1. The van der Waals surface area contributed by atoms with E-state index in [1.807, 2.05) is 0 Å². The third-order valence-electron chi connectivity index (χ3n) is 2.39. The van der Waals surface area contributed by atoms with Crippen LogP contribution in [0.1, 0.15) is 10.5 Å². The van der Waals surface area contributed by atoms with Gasteiger partial charge in [-0.1, -0.05) is 11.6 Å². The van der Waals surface area contributed by atoms with Crippen molar-refractivity contribution >= 4 is 44.9 Å². The van der Waals surface area contributed by atoms with Gasteiger partial charge in [-0.3, -0.25) is 4.79 Å². The molecule has 0 radical (unpaired) electrons. The van der Waals surface area contributed by atoms with Gasteiger partial charge in [0, 0.05) is 4.47 Å². The number of nitrogens with two attached hydrogens (primary N) is 1. The second kappa shape index (κ2) is 6.17. The summed E-state index contributed by atoms with van der Waals surface area (Å²) in [6.07, 6.45) is 0. The number of pyridine rings is 1. The van der Waals surface area contributed by atoms with Gasteiger partial charge < -0.3 is 10.7 Å². The molecule has 20 heavy (non-hydrogen) atoms. The Labute approximate surface area is 127 Å². The summed E-state index contributed by atoms with van der Waals surface area (Å²) in [6, 6.07) is 6.93. The van der Waals surface area contributed by atoms with Crippen LogP contribution in [-0.2, 0) is 0 Å². The SMILES string of the molecule is NNc1ccc(Cl)c(C(=O)Nc2ccc(F)cc2Br)n1. The molecule has 0 fully saturated rings. The van der Waals surface area contributed by atoms with Crippen LogP contribution in [0.4, 0.5) is 15.9 Å². The van der Waals surface area contributed by atoms with Crippen molar-refractivity contribution in [2.24, 2.45) is 5.84 Å². The topological polar surface area (TPSA) is 80.0 Å². The Bertz CT molecular complexity index is 668. The average molecular weight is 360 g/mol. The highest BCUT2D eigenvalue weighted by Gasteiger charge is 2.14. The first-order chi connectivity index (χ1) is 9.51. The van der Waals surface area contributed by atoms with Crippen molar-refractivity contribution in [1.82, 2.24) is 4.98 Å². The van der Waals surface area contributed by atoms with Crippen LogP contribution in [0.5, 0.6) is 0 Å². The third kappa shape index (κ3) is 3.24. The minimum atomic E-state index is -0.528. The number of carbonyl (C=O) groups is 1. The van der Waals surface area contributed by atoms with Gasteiger partial charge >= 0.3 is 0 Å². The fourth-order valence-electron chi connectivity index (χ4n) is 1.45. The van der Waals surface area contributed by atoms with Crippen molar-refractivity contribution in [3.05, 3.63) is 51.3 Å². The molecule has 2 rings (SSSR count). The Morgan fingerprint density at radius 1 is 1.35 bits per heavy atom. The summed E-state index contributed by atoms with van der Waals surface area (Å²) >= 11 is 9.07. The molecule has 0 aliphatic rings. The van der Waals surface area contributed by atoms with Crippen LogP contribution in [0.25, 0.3) is 0 Å². The van der Waals surface area contributed by atoms with Gasteiger partial charge in [0.15, 0.2) is 0 Å². The highest BCUT2D eigenvalue weighted by Crippen LogP contribution is 2.24. The number of hydrazine groups is 1. The minimum absolute atomic E-state index is 0.0124. The molecule has 0 bridgehead atoms. The second-order valence-corrected chi connectivity index (χ2v) is 5.01. The van der Waals surface area contributed by atoms with Crippen LogP contribution >= 0.6 is 27.5 Å². The first kappa shape index (κ1) is 14.7. The molecule has 2 aromatic rings. The summed E-state index contributed by atoms with van der Waals surface area (Å²) in [4.78, 5) is 16.1. The van der Waals surface area contributed by atoms with E-state index in [-0.39, 0.29) is 10.7 Å². The first-order valence-electron chi connectivity index (χ1n) is 5.41. The van der Waals surface area contributed by atoms with Crippen molar-refractivity contribution < 1.29 is 9.18 Å². The zero-order valence-corrected chi connectivity index (χ0v) is 12.3. The minimum Gasteiger partial charge on any atom is -0.320 e. The Morgan fingerprint density at radius 3 is 2.75 bits per heavy atom. The second-order valence-electron chi connectivity index (χ2n) is 3.75. The number of nitrogens with zero attached hydrogens (tertiary/aromatic N) is 1. The zero-order chi connectivity index (χ0) is 14.7. The molecule has 0 unspecified atom stereocenters. The lowest BCUT2D eigenvalue weighted by Gasteiger charge is -2.09. The van der Waals surface area contributed by atoms with E-state index in [9.17, 15) is 9.18 Å². The number of halogens is 3. The summed E-state index contributed by atoms with van der Waals surface area (Å²) < 4.78 is 13.4. The lowest BCUT2D eigenvalue weighted by Crippen LogP contribution is -2.17. The van der Waals surface area contributed by atoms with Gasteiger partial charge in [0.25, 0.3) is 5.91 Å². The number of rotatable bonds is 3. The Morgan fingerprint density at radius 2 is 2.10 bits per heavy atom. The molecule has 4 N–H and O–H groups in total. The number of aromatic nitrogens is 1. The summed E-state index contributed by atoms with van der Waals surface area (Å²) in [7, 11) is 0. The standard InChI is InChI=1S/C12H9BrClFN4O/c13-7-5-6(15)1-3-9(7)17-12(20)11-8(14)2-4-10(18-11)19-16/h1-5H,16H2,(H,17,20)(H,18,19). The van der Waals surface area contributed by atoms with E-state index >= 15 is 0 Å². The van der Waals surface area contributed by atoms with Gasteiger partial charge in [-0.05, 0) is 46.3 Å². The number of nitrogens with one attached hydrogen (secondary N) is 2. The van der Waals surface area contributed by atoms with Gasteiger partial charge in [-0.15, -0.1) is 0 Å². The third-order valence-corrected chi connectivity index (χ3v) is 3.35. The van der Waals surface area contributed by atoms with E-state index in [1.54, 1.807) is 0 Å². The van der Waals surface area contributed by atoms with E-state index in [2.05, 4.69) is 31.7 Å². The van der Waals surface area contributed by atoms with Crippen LogP contribution in [-0.4, -0.2) is 10.9 Å². The van der Waals surface area contributed by atoms with Crippen LogP contribution in [0, 0.1) is 5.82 Å². The number of benzene rings is 1. The van der Waals surface area contributed by atoms with Gasteiger partial charge in [-0.2, -0.15) is 0 Å². The highest BCUT2D eigenvalue weighted by atomic mass is 79.9. The molecule has 1 aromatic heterocycles. The molecule has 8 heteroatoms. The van der Waals surface area contributed by atoms with Crippen molar-refractivity contribution in [3.63, 3.8) is 0 Å². The number of hydrogen-bond acceptors (Lipinski definition) is 4. The molecule has 0 aliphatic heterocycles. The van der Waals surface area contributed by atoms with Gasteiger partial charge in [-0.25, -0.2) is 15.2 Å². The largest absolute Gasteiger partial charge is 0.320 e. The quantitative estimate of drug-likeness (QED) is 0.581. The molecule has 0 spiro atoms. The lowest BCUT2D eigenvalue weighted by atomic mass is 10.3. The van der Waals surface area contributed by atoms with E-state index in [4.69, 9.17) is 17.4 Å². The summed E-state index contributed by atoms with van der Waals surface area (Å²) in [5.74, 6) is 4.58. The maximum absolute atomic E-state index is 13.0. The smallest absolute Gasteiger partial charge is 0.275 e. The maximum Gasteiger partial charge on any atom is 0.275 e. The molecule has 0 atom stereocenters. The lowest BCUT2D eigenvalue weighted by molar-refractivity contribution is 0.102. The van der Waals surface area contributed by atoms with Gasteiger partial charge in [0.05, 0.1) is 10.7 Å². The molecule has 104 valence electrons. The monoisotopic (exact) mass is 358 g/mol. The maximum atomic E-state index is 13.0. The summed E-state index contributed by atoms with van der Waals surface area (Å²) in [5.41, 5.74) is 2.74. The van der Waals surface area contributed by atoms with Crippen molar-refractivity contribution in [2.45, 2.75) is 0 Å². The fraction of sp³-hybridized carbons (Fsp3) is 0. The van der Waals surface area contributed by atoms with Crippen LogP contribution < -0.4 is 16.6 Å². The van der Waals surface area contributed by atoms with Gasteiger partial charge in [0.1, 0.15) is 17.3 Å². The number of nitrogen functional groups attached to an aromatic ring is 1. The van der Waals surface area contributed by atoms with Crippen molar-refractivity contribution in [3.8, 4) is 0 Å². The molecular formula is C12H9BrClFN4O. The van der Waals surface area contributed by atoms with Crippen LogP contribution in [0.15, 0.2) is 34.8 Å². The van der Waals surface area contributed by atoms with Gasteiger partial charge in [0.2, 0.25) is 0 Å². The molecule has 1 amide bonds. The normalized spacial score (nSPS) is 10.2. The van der Waals surface area contributed by atoms with E-state index in [0.717, 1.165) is 0 Å². The predicted molar refractivity (Wildman–Crippen MR) is 79.1 cm³/mol. The molecule has 0 saturated heterocycles. The highest BCUT2D eigenvalue weighted by molar-refractivity contribution is 9.10. The number of amides is 1. The number of anilines is 2. The number of hydrogen-bond donors (Lipinski definition) is 3. The molecule has 0 aliphatic carbocycles. The molecule has 1 heterocycles. The zero-order valence-electron chi connectivity index (χ0n) is 9.95. The van der Waals surface area contributed by atoms with E-state index in [1.165, 1.54) is 30.3 Å². The summed E-state index contributed by atoms with van der Waals surface area (Å²) in [5, 5.41) is 2.76. The molecule has 1 aromatic carbocycles. The molecule has 0 saturated carbocycles. The Kier molecular flexibility index (Phi) is 4.53. The van der Waals surface area contributed by atoms with Crippen LogP contribution in [0.3, 0.4) is 0 Å². The predicted octanol–water partition coefficient (Wildman–Crippen LogP) is 3.17. The fourth-order valence-corrected chi connectivity index (χ4v) is 2.10. The van der Waals surface area contributed by atoms with E-state index in [0.29, 0.717) is 16.0 Å². The van der Waals surface area contributed by atoms with Crippen LogP contribution in [0.2, 0.25) is 5.02 Å². The molecular weight excluding hydrogens is 351 g/mol.